The predicted octanol–water partition coefficient (Wildman–Crippen LogP) is 4.82. The van der Waals surface area contributed by atoms with Crippen molar-refractivity contribution in [3.63, 3.8) is 0 Å². The van der Waals surface area contributed by atoms with Crippen LogP contribution in [0.15, 0.2) is 18.3 Å². The number of fused-ring (bicyclic) bond motifs is 1. The number of anilines is 3. The summed E-state index contributed by atoms with van der Waals surface area (Å²) >= 11 is 5.78. The fourth-order valence-electron chi connectivity index (χ4n) is 4.69. The Balaban J connectivity index is 1.77. The van der Waals surface area contributed by atoms with Crippen LogP contribution in [0.5, 0.6) is 0 Å². The third-order valence-corrected chi connectivity index (χ3v) is 6.59. The molecule has 1 amide bonds. The van der Waals surface area contributed by atoms with E-state index in [4.69, 9.17) is 17.3 Å². The molecule has 0 radical (unpaired) electrons. The maximum Gasteiger partial charge on any atom is 0.224 e. The molecule has 3 aromatic rings. The number of hydrogen-bond acceptors (Lipinski definition) is 7. The summed E-state index contributed by atoms with van der Waals surface area (Å²) in [7, 11) is 0. The summed E-state index contributed by atoms with van der Waals surface area (Å²) in [4.78, 5) is 25.1. The van der Waals surface area contributed by atoms with Gasteiger partial charge in [-0.05, 0) is 50.7 Å². The van der Waals surface area contributed by atoms with Crippen molar-refractivity contribution in [2.45, 2.75) is 76.5 Å². The molecular formula is C24H30ClF2N7O2. The first-order valence-electron chi connectivity index (χ1n) is 12.1. The highest BCUT2D eigenvalue weighted by Gasteiger charge is 2.25. The zero-order valence-corrected chi connectivity index (χ0v) is 20.7. The van der Waals surface area contributed by atoms with E-state index in [1.807, 2.05) is 6.92 Å². The molecule has 3 atom stereocenters. The largest absolute Gasteiger partial charge is 0.393 e. The first-order valence-corrected chi connectivity index (χ1v) is 12.5. The summed E-state index contributed by atoms with van der Waals surface area (Å²) in [5, 5.41) is 16.0. The van der Waals surface area contributed by atoms with Crippen molar-refractivity contribution in [2.75, 3.05) is 10.6 Å². The number of nitrogens with two attached hydrogens (primary N) is 1. The number of nitrogens with one attached hydrogen (secondary N) is 2. The van der Waals surface area contributed by atoms with Crippen LogP contribution < -0.4 is 16.4 Å². The average Bonchev–Trinajstić information content (AvgIpc) is 3.16. The molecule has 1 aliphatic rings. The molecule has 1 aromatic carbocycles. The number of nitrogens with zero attached hydrogens (tertiary/aromatic N) is 4. The minimum atomic E-state index is -0.868. The Hall–Kier alpha value is -3.05. The molecule has 1 fully saturated rings. The Morgan fingerprint density at radius 1 is 1.28 bits per heavy atom. The number of aromatic nitrogens is 4. The number of imidazole rings is 1. The van der Waals surface area contributed by atoms with Crippen LogP contribution in [-0.4, -0.2) is 42.7 Å². The molecule has 5 N–H and O–H groups in total. The molecule has 1 saturated carbocycles. The summed E-state index contributed by atoms with van der Waals surface area (Å²) in [6.07, 6.45) is 6.29. The van der Waals surface area contributed by atoms with Crippen molar-refractivity contribution < 1.29 is 18.7 Å². The van der Waals surface area contributed by atoms with Crippen LogP contribution in [0.2, 0.25) is 5.02 Å². The molecule has 0 spiro atoms. The van der Waals surface area contributed by atoms with Gasteiger partial charge in [-0.2, -0.15) is 4.98 Å². The van der Waals surface area contributed by atoms with Crippen LogP contribution in [-0.2, 0) is 4.79 Å². The lowest BCUT2D eigenvalue weighted by Gasteiger charge is -2.26. The Morgan fingerprint density at radius 3 is 2.69 bits per heavy atom. The molecule has 0 bridgehead atoms. The Bertz CT molecular complexity index is 1220. The zero-order chi connectivity index (χ0) is 25.8. The van der Waals surface area contributed by atoms with Gasteiger partial charge in [-0.3, -0.25) is 9.36 Å². The highest BCUT2D eigenvalue weighted by atomic mass is 35.5. The Labute approximate surface area is 212 Å². The lowest BCUT2D eigenvalue weighted by molar-refractivity contribution is -0.118. The fraction of sp³-hybridized carbons (Fsp3) is 0.500. The zero-order valence-electron chi connectivity index (χ0n) is 20.0. The summed E-state index contributed by atoms with van der Waals surface area (Å²) in [6.45, 7) is 2.00. The van der Waals surface area contributed by atoms with Gasteiger partial charge in [0.25, 0.3) is 0 Å². The van der Waals surface area contributed by atoms with Crippen molar-refractivity contribution >= 4 is 46.3 Å². The fourth-order valence-corrected chi connectivity index (χ4v) is 4.88. The summed E-state index contributed by atoms with van der Waals surface area (Å²) in [5.74, 6) is -1.66. The normalized spacial score (nSPS) is 18.8. The second kappa shape index (κ2) is 11.3. The number of carbonyl (C=O) groups excluding carboxylic acids is 1. The van der Waals surface area contributed by atoms with Gasteiger partial charge in [0.2, 0.25) is 17.8 Å². The van der Waals surface area contributed by atoms with Gasteiger partial charge in [0.15, 0.2) is 17.3 Å². The van der Waals surface area contributed by atoms with Crippen LogP contribution in [0.1, 0.15) is 64.3 Å². The summed E-state index contributed by atoms with van der Waals surface area (Å²) < 4.78 is 30.9. The van der Waals surface area contributed by atoms with E-state index in [0.29, 0.717) is 36.4 Å². The van der Waals surface area contributed by atoms with E-state index in [-0.39, 0.29) is 35.6 Å². The summed E-state index contributed by atoms with van der Waals surface area (Å²) in [6, 6.07) is 1.78. The number of aliphatic hydroxyl groups is 1. The van der Waals surface area contributed by atoms with Gasteiger partial charge in [-0.25, -0.2) is 18.7 Å². The molecule has 36 heavy (non-hydrogen) atoms. The molecular weight excluding hydrogens is 492 g/mol. The van der Waals surface area contributed by atoms with Crippen molar-refractivity contribution in [3.05, 3.63) is 35.0 Å². The molecule has 194 valence electrons. The molecule has 0 aliphatic heterocycles. The Kier molecular flexibility index (Phi) is 8.20. The van der Waals surface area contributed by atoms with E-state index < -0.39 is 23.2 Å². The lowest BCUT2D eigenvalue weighted by Crippen LogP contribution is -2.30. The molecule has 9 nitrogen and oxygen atoms in total. The molecule has 2 heterocycles. The van der Waals surface area contributed by atoms with E-state index in [1.165, 1.54) is 6.20 Å². The predicted molar refractivity (Wildman–Crippen MR) is 134 cm³/mol. The lowest BCUT2D eigenvalue weighted by atomic mass is 9.93. The van der Waals surface area contributed by atoms with Gasteiger partial charge in [-0.1, -0.05) is 24.9 Å². The Morgan fingerprint density at radius 2 is 2.03 bits per heavy atom. The number of primary amides is 1. The summed E-state index contributed by atoms with van der Waals surface area (Å²) in [5.41, 5.74) is 5.88. The monoisotopic (exact) mass is 521 g/mol. The maximum absolute atomic E-state index is 14.6. The molecule has 0 unspecified atom stereocenters. The second-order valence-corrected chi connectivity index (χ2v) is 9.62. The van der Waals surface area contributed by atoms with Crippen LogP contribution >= 0.6 is 11.6 Å². The number of benzene rings is 1. The van der Waals surface area contributed by atoms with Gasteiger partial charge < -0.3 is 21.5 Å². The van der Waals surface area contributed by atoms with Crippen molar-refractivity contribution in [2.24, 2.45) is 5.73 Å². The standard InChI is InChI=1S/C24H30ClF2N7O2/c1-2-4-15(7-8-20(28)36)34-22-19(12-29-23(33-22)30-14-5-3-6-16(35)11-14)31-24(34)32-21-17(26)9-13(25)10-18(21)27/h9-10,12,14-16,35H,2-8,11H2,1H3,(H2,28,36)(H,31,32)(H,29,30,33)/t14-,15-,16-/m1/s1. The number of amides is 1. The van der Waals surface area contributed by atoms with Gasteiger partial charge >= 0.3 is 0 Å². The van der Waals surface area contributed by atoms with E-state index in [0.717, 1.165) is 37.8 Å². The first-order chi connectivity index (χ1) is 17.2. The van der Waals surface area contributed by atoms with E-state index in [2.05, 4.69) is 25.6 Å². The second-order valence-electron chi connectivity index (χ2n) is 9.19. The van der Waals surface area contributed by atoms with E-state index in [9.17, 15) is 18.7 Å². The smallest absolute Gasteiger partial charge is 0.224 e. The number of halogens is 3. The van der Waals surface area contributed by atoms with Gasteiger partial charge in [0.05, 0.1) is 12.3 Å². The quantitative estimate of drug-likeness (QED) is 0.300. The molecule has 0 saturated heterocycles. The van der Waals surface area contributed by atoms with Crippen LogP contribution in [0, 0.1) is 11.6 Å². The van der Waals surface area contributed by atoms with Crippen LogP contribution in [0.3, 0.4) is 0 Å². The average molecular weight is 522 g/mol. The van der Waals surface area contributed by atoms with Gasteiger partial charge in [-0.15, -0.1) is 0 Å². The third-order valence-electron chi connectivity index (χ3n) is 6.37. The topological polar surface area (TPSA) is 131 Å². The highest BCUT2D eigenvalue weighted by molar-refractivity contribution is 6.30. The van der Waals surface area contributed by atoms with Gasteiger partial charge in [0, 0.05) is 23.5 Å². The van der Waals surface area contributed by atoms with Crippen LogP contribution in [0.4, 0.5) is 26.4 Å². The van der Waals surface area contributed by atoms with Crippen LogP contribution in [0.25, 0.3) is 11.2 Å². The van der Waals surface area contributed by atoms with Crippen molar-refractivity contribution in [3.8, 4) is 0 Å². The van der Waals surface area contributed by atoms with Crippen molar-refractivity contribution in [1.29, 1.82) is 0 Å². The maximum atomic E-state index is 14.6. The number of rotatable bonds is 10. The molecule has 4 rings (SSSR count). The van der Waals surface area contributed by atoms with Crippen molar-refractivity contribution in [1.82, 2.24) is 19.5 Å². The van der Waals surface area contributed by atoms with Gasteiger partial charge in [0.1, 0.15) is 11.2 Å². The SMILES string of the molecule is CCC[C@H](CCC(N)=O)n1c(Nc2c(F)cc(Cl)cc2F)nc2cnc(N[C@@H]3CCC[C@@H](O)C3)nc21. The number of carbonyl (C=O) groups is 1. The first kappa shape index (κ1) is 26.0. The molecule has 2 aromatic heterocycles. The highest BCUT2D eigenvalue weighted by Crippen LogP contribution is 2.33. The minimum absolute atomic E-state index is 0.0266. The minimum Gasteiger partial charge on any atom is -0.393 e. The van der Waals surface area contributed by atoms with E-state index >= 15 is 0 Å². The molecule has 1 aliphatic carbocycles. The number of aliphatic hydroxyl groups excluding tert-OH is 1. The van der Waals surface area contributed by atoms with E-state index in [1.54, 1.807) is 4.57 Å². The molecule has 12 heteroatoms. The third kappa shape index (κ3) is 6.01. The number of hydrogen-bond donors (Lipinski definition) is 4.